The largest absolute Gasteiger partial charge is 0.392 e. The zero-order valence-corrected chi connectivity index (χ0v) is 16.1. The lowest BCUT2D eigenvalue weighted by Gasteiger charge is -2.65. The molecule has 6 aliphatic rings. The topological polar surface area (TPSA) is 63.9 Å². The average molecular weight is 360 g/mol. The summed E-state index contributed by atoms with van der Waals surface area (Å²) in [6, 6.07) is 0.373. The third-order valence-electron chi connectivity index (χ3n) is 10.6. The van der Waals surface area contributed by atoms with Gasteiger partial charge in [0.05, 0.1) is 18.3 Å². The molecule has 0 aromatic heterocycles. The molecule has 4 nitrogen and oxygen atoms in total. The van der Waals surface area contributed by atoms with Crippen LogP contribution in [0.15, 0.2) is 12.2 Å². The number of hydrogen-bond donors (Lipinski definition) is 3. The summed E-state index contributed by atoms with van der Waals surface area (Å²) in [5, 5.41) is 33.8. The first-order chi connectivity index (χ1) is 12.3. The molecule has 144 valence electrons. The number of aliphatic hydroxyl groups is 3. The smallest absolute Gasteiger partial charge is 0.0813 e. The quantitative estimate of drug-likeness (QED) is 0.625. The van der Waals surface area contributed by atoms with Crippen LogP contribution in [0.25, 0.3) is 0 Å². The first-order valence-corrected chi connectivity index (χ1v) is 10.8. The fourth-order valence-corrected chi connectivity index (χ4v) is 9.97. The van der Waals surface area contributed by atoms with E-state index in [4.69, 9.17) is 0 Å². The van der Waals surface area contributed by atoms with Gasteiger partial charge in [-0.3, -0.25) is 4.90 Å². The second kappa shape index (κ2) is 4.59. The highest BCUT2D eigenvalue weighted by molar-refractivity contribution is 5.39. The third-order valence-corrected chi connectivity index (χ3v) is 10.6. The number of piperidine rings is 1. The van der Waals surface area contributed by atoms with Crippen molar-refractivity contribution in [2.75, 3.05) is 13.1 Å². The monoisotopic (exact) mass is 359 g/mol. The molecule has 1 saturated heterocycles. The maximum atomic E-state index is 11.5. The summed E-state index contributed by atoms with van der Waals surface area (Å²) in [6.45, 7) is 11.1. The molecule has 1 aliphatic heterocycles. The second-order valence-corrected chi connectivity index (χ2v) is 10.9. The lowest BCUT2D eigenvalue weighted by molar-refractivity contribution is -0.218. The molecule has 5 saturated carbocycles. The number of fused-ring (bicyclic) bond motifs is 1. The highest BCUT2D eigenvalue weighted by atomic mass is 16.3. The first-order valence-electron chi connectivity index (χ1n) is 10.8. The summed E-state index contributed by atoms with van der Waals surface area (Å²) in [4.78, 5) is 2.65. The molecule has 5 aliphatic carbocycles. The van der Waals surface area contributed by atoms with E-state index in [9.17, 15) is 15.3 Å². The van der Waals surface area contributed by atoms with Crippen molar-refractivity contribution in [1.29, 1.82) is 0 Å². The van der Waals surface area contributed by atoms with E-state index in [0.717, 1.165) is 50.8 Å². The SMILES string of the molecule is C=C1[C@@H](O)C23C[C@@H]1[C@@H](O)C[C@H]2[C@@]12[C@@H]4[C@H]3C[C@@H]1[C@@](C)(CC[C@@H]2O)CN4CC. The van der Waals surface area contributed by atoms with Gasteiger partial charge >= 0.3 is 0 Å². The number of rotatable bonds is 1. The molecule has 0 radical (unpaired) electrons. The van der Waals surface area contributed by atoms with Gasteiger partial charge in [-0.1, -0.05) is 20.4 Å². The third kappa shape index (κ3) is 1.37. The Morgan fingerprint density at radius 1 is 1.19 bits per heavy atom. The minimum atomic E-state index is -0.500. The molecule has 3 N–H and O–H groups in total. The van der Waals surface area contributed by atoms with Gasteiger partial charge in [-0.05, 0) is 67.4 Å². The maximum Gasteiger partial charge on any atom is 0.0813 e. The summed E-state index contributed by atoms with van der Waals surface area (Å²) < 4.78 is 0. The molecule has 26 heavy (non-hydrogen) atoms. The van der Waals surface area contributed by atoms with Crippen LogP contribution in [0.5, 0.6) is 0 Å². The standard InChI is InChI=1S/C22H33NO3/c1-4-23-10-20(3)6-5-17(25)22-15(20)7-13(18(22)23)21-9-12(11(2)19(21)26)14(24)8-16(21)22/h12-19,24-26H,2,4-10H2,1,3H3/t12-,13+,14-,15+,16+,17-,18-,19+,20-,21?,22-/m0/s1. The molecule has 6 fully saturated rings. The van der Waals surface area contributed by atoms with Crippen LogP contribution in [0.4, 0.5) is 0 Å². The molecule has 1 heterocycles. The van der Waals surface area contributed by atoms with Crippen molar-refractivity contribution >= 4 is 0 Å². The van der Waals surface area contributed by atoms with Gasteiger partial charge in [0.1, 0.15) is 0 Å². The predicted molar refractivity (Wildman–Crippen MR) is 98.2 cm³/mol. The molecule has 11 atom stereocenters. The van der Waals surface area contributed by atoms with Crippen LogP contribution in [-0.4, -0.2) is 57.7 Å². The molecule has 0 amide bonds. The summed E-state index contributed by atoms with van der Waals surface area (Å²) in [7, 11) is 0. The van der Waals surface area contributed by atoms with Crippen molar-refractivity contribution < 1.29 is 15.3 Å². The fraction of sp³-hybridized carbons (Fsp3) is 0.909. The van der Waals surface area contributed by atoms with Gasteiger partial charge in [0, 0.05) is 29.3 Å². The molecule has 1 unspecified atom stereocenters. The second-order valence-electron chi connectivity index (χ2n) is 10.9. The van der Waals surface area contributed by atoms with Crippen LogP contribution in [0, 0.1) is 39.9 Å². The van der Waals surface area contributed by atoms with Crippen LogP contribution in [0.3, 0.4) is 0 Å². The number of aliphatic hydroxyl groups excluding tert-OH is 3. The number of likely N-dealkylation sites (tertiary alicyclic amines) is 1. The van der Waals surface area contributed by atoms with Crippen molar-refractivity contribution in [2.45, 2.75) is 70.3 Å². The van der Waals surface area contributed by atoms with Crippen molar-refractivity contribution in [2.24, 2.45) is 39.9 Å². The first kappa shape index (κ1) is 16.5. The summed E-state index contributed by atoms with van der Waals surface area (Å²) in [5.74, 6) is 1.26. The van der Waals surface area contributed by atoms with Gasteiger partial charge in [-0.25, -0.2) is 0 Å². The Hall–Kier alpha value is -0.420. The average Bonchev–Trinajstić information content (AvgIpc) is 3.14. The normalized spacial score (nSPS) is 65.5. The van der Waals surface area contributed by atoms with Crippen molar-refractivity contribution in [3.63, 3.8) is 0 Å². The molecule has 6 rings (SSSR count). The van der Waals surface area contributed by atoms with Crippen LogP contribution in [0.2, 0.25) is 0 Å². The zero-order chi connectivity index (χ0) is 18.2. The van der Waals surface area contributed by atoms with E-state index in [1.54, 1.807) is 0 Å². The molecule has 0 aromatic rings. The lowest BCUT2D eigenvalue weighted by atomic mass is 9.43. The van der Waals surface area contributed by atoms with E-state index in [2.05, 4.69) is 25.3 Å². The van der Waals surface area contributed by atoms with E-state index in [1.165, 1.54) is 0 Å². The van der Waals surface area contributed by atoms with E-state index >= 15 is 0 Å². The summed E-state index contributed by atoms with van der Waals surface area (Å²) in [5.41, 5.74) is 0.849. The van der Waals surface area contributed by atoms with Gasteiger partial charge in [0.25, 0.3) is 0 Å². The van der Waals surface area contributed by atoms with E-state index in [-0.39, 0.29) is 34.2 Å². The zero-order valence-electron chi connectivity index (χ0n) is 16.1. The van der Waals surface area contributed by atoms with Gasteiger partial charge in [-0.15, -0.1) is 0 Å². The van der Waals surface area contributed by atoms with Gasteiger partial charge < -0.3 is 15.3 Å². The van der Waals surface area contributed by atoms with Crippen molar-refractivity contribution in [1.82, 2.24) is 4.90 Å². The minimum Gasteiger partial charge on any atom is -0.392 e. The van der Waals surface area contributed by atoms with E-state index in [0.29, 0.717) is 17.9 Å². The summed E-state index contributed by atoms with van der Waals surface area (Å²) >= 11 is 0. The number of hydrogen-bond acceptors (Lipinski definition) is 4. The summed E-state index contributed by atoms with van der Waals surface area (Å²) in [6.07, 6.45) is 3.58. The Morgan fingerprint density at radius 3 is 2.69 bits per heavy atom. The molecular weight excluding hydrogens is 326 g/mol. The van der Waals surface area contributed by atoms with Crippen LogP contribution in [-0.2, 0) is 0 Å². The van der Waals surface area contributed by atoms with Crippen LogP contribution in [0.1, 0.15) is 46.0 Å². The Kier molecular flexibility index (Phi) is 2.92. The Morgan fingerprint density at radius 2 is 1.96 bits per heavy atom. The lowest BCUT2D eigenvalue weighted by Crippen LogP contribution is -2.68. The number of nitrogens with zero attached hydrogens (tertiary/aromatic N) is 1. The molecule has 0 aromatic carbocycles. The molecule has 2 spiro atoms. The van der Waals surface area contributed by atoms with Crippen molar-refractivity contribution in [3.8, 4) is 0 Å². The minimum absolute atomic E-state index is 0.0547. The van der Waals surface area contributed by atoms with E-state index < -0.39 is 12.2 Å². The Labute approximate surface area is 156 Å². The predicted octanol–water partition coefficient (Wildman–Crippen LogP) is 1.79. The highest BCUT2D eigenvalue weighted by Gasteiger charge is 2.85. The highest BCUT2D eigenvalue weighted by Crippen LogP contribution is 2.83. The van der Waals surface area contributed by atoms with E-state index in [1.807, 2.05) is 0 Å². The van der Waals surface area contributed by atoms with Crippen molar-refractivity contribution in [3.05, 3.63) is 12.2 Å². The van der Waals surface area contributed by atoms with Gasteiger partial charge in [0.2, 0.25) is 0 Å². The molecule has 7 bridgehead atoms. The molecule has 4 heteroatoms. The fourth-order valence-electron chi connectivity index (χ4n) is 9.97. The maximum absolute atomic E-state index is 11.5. The Bertz CT molecular complexity index is 695. The van der Waals surface area contributed by atoms with Crippen LogP contribution < -0.4 is 0 Å². The van der Waals surface area contributed by atoms with Gasteiger partial charge in [-0.2, -0.15) is 0 Å². The van der Waals surface area contributed by atoms with Crippen LogP contribution >= 0.6 is 0 Å². The Balaban J connectivity index is 1.61. The van der Waals surface area contributed by atoms with Gasteiger partial charge in [0.15, 0.2) is 0 Å². The molecular formula is C22H33NO3.